The molecule has 27 heavy (non-hydrogen) atoms. The van der Waals surface area contributed by atoms with Crippen LogP contribution in [0, 0.1) is 5.92 Å². The van der Waals surface area contributed by atoms with Crippen molar-refractivity contribution in [3.05, 3.63) is 58.6 Å². The quantitative estimate of drug-likeness (QED) is 0.693. The van der Waals surface area contributed by atoms with Gasteiger partial charge in [0.25, 0.3) is 0 Å². The molecule has 3 rings (SSSR count). The summed E-state index contributed by atoms with van der Waals surface area (Å²) in [6, 6.07) is 16.0. The molecule has 144 valence electrons. The molecule has 0 saturated carbocycles. The van der Waals surface area contributed by atoms with Crippen LogP contribution in [0.4, 0.5) is 5.69 Å². The molecule has 2 aromatic rings. The van der Waals surface area contributed by atoms with Crippen LogP contribution in [0.25, 0.3) is 0 Å². The van der Waals surface area contributed by atoms with Gasteiger partial charge in [-0.2, -0.15) is 0 Å². The van der Waals surface area contributed by atoms with Crippen molar-refractivity contribution in [1.82, 2.24) is 4.90 Å². The number of hydrogen-bond donors (Lipinski definition) is 1. The monoisotopic (exact) mass is 430 g/mol. The first kappa shape index (κ1) is 19.9. The molecule has 2 aromatic carbocycles. The number of hydrogen-bond acceptors (Lipinski definition) is 3. The summed E-state index contributed by atoms with van der Waals surface area (Å²) in [5.41, 5.74) is 2.07. The highest BCUT2D eigenvalue weighted by atomic mass is 79.9. The van der Waals surface area contributed by atoms with Crippen molar-refractivity contribution < 1.29 is 9.53 Å². The average Bonchev–Trinajstić information content (AvgIpc) is 2.64. The standard InChI is InChI=1S/C22H27BrN2O2/c1-16(2)27-21-7-3-6-20(13-21)24-22(26)18-5-4-12-25(15-18)14-17-8-10-19(23)11-9-17/h3,6-11,13,16,18H,4-5,12,14-15H2,1-2H3,(H,24,26). The van der Waals surface area contributed by atoms with E-state index in [-0.39, 0.29) is 17.9 Å². The predicted octanol–water partition coefficient (Wildman–Crippen LogP) is 5.09. The predicted molar refractivity (Wildman–Crippen MR) is 113 cm³/mol. The fourth-order valence-electron chi connectivity index (χ4n) is 3.42. The lowest BCUT2D eigenvalue weighted by molar-refractivity contribution is -0.121. The van der Waals surface area contributed by atoms with Gasteiger partial charge in [0.15, 0.2) is 0 Å². The topological polar surface area (TPSA) is 41.6 Å². The van der Waals surface area contributed by atoms with Crippen molar-refractivity contribution in [3.8, 4) is 5.75 Å². The number of halogens is 1. The van der Waals surface area contributed by atoms with E-state index in [0.29, 0.717) is 0 Å². The van der Waals surface area contributed by atoms with Crippen LogP contribution in [0.3, 0.4) is 0 Å². The molecule has 0 aliphatic carbocycles. The maximum absolute atomic E-state index is 12.8. The van der Waals surface area contributed by atoms with Crippen molar-refractivity contribution in [2.45, 2.75) is 39.3 Å². The minimum Gasteiger partial charge on any atom is -0.491 e. The lowest BCUT2D eigenvalue weighted by Gasteiger charge is -2.32. The molecule has 4 nitrogen and oxygen atoms in total. The number of carbonyl (C=O) groups excluding carboxylic acids is 1. The summed E-state index contributed by atoms with van der Waals surface area (Å²) in [7, 11) is 0. The van der Waals surface area contributed by atoms with Crippen LogP contribution in [-0.2, 0) is 11.3 Å². The molecule has 5 heteroatoms. The summed E-state index contributed by atoms with van der Waals surface area (Å²) in [4.78, 5) is 15.1. The SMILES string of the molecule is CC(C)Oc1cccc(NC(=O)C2CCCN(Cc3ccc(Br)cc3)C2)c1. The number of anilines is 1. The van der Waals surface area contributed by atoms with Crippen molar-refractivity contribution in [2.24, 2.45) is 5.92 Å². The minimum atomic E-state index is 0.0175. The molecule has 1 heterocycles. The molecule has 1 saturated heterocycles. The molecule has 1 N–H and O–H groups in total. The van der Waals surface area contributed by atoms with E-state index in [1.807, 2.05) is 38.1 Å². The number of benzene rings is 2. The van der Waals surface area contributed by atoms with Crippen molar-refractivity contribution in [1.29, 1.82) is 0 Å². The third-order valence-corrected chi connectivity index (χ3v) is 5.20. The molecule has 1 atom stereocenters. The van der Waals surface area contributed by atoms with Crippen LogP contribution in [0.1, 0.15) is 32.3 Å². The van der Waals surface area contributed by atoms with Crippen LogP contribution in [0.5, 0.6) is 5.75 Å². The van der Waals surface area contributed by atoms with Crippen molar-refractivity contribution in [2.75, 3.05) is 18.4 Å². The van der Waals surface area contributed by atoms with Gasteiger partial charge in [0, 0.05) is 29.3 Å². The lowest BCUT2D eigenvalue weighted by atomic mass is 9.96. The van der Waals surface area contributed by atoms with Gasteiger partial charge in [0.1, 0.15) is 5.75 Å². The smallest absolute Gasteiger partial charge is 0.228 e. The van der Waals surface area contributed by atoms with Crippen LogP contribution in [-0.4, -0.2) is 30.0 Å². The van der Waals surface area contributed by atoms with E-state index in [0.717, 1.165) is 48.4 Å². The van der Waals surface area contributed by atoms with Gasteiger partial charge in [-0.3, -0.25) is 9.69 Å². The number of amides is 1. The van der Waals surface area contributed by atoms with Crippen LogP contribution in [0.2, 0.25) is 0 Å². The number of ether oxygens (including phenoxy) is 1. The van der Waals surface area contributed by atoms with E-state index in [2.05, 4.69) is 50.4 Å². The Balaban J connectivity index is 1.57. The summed E-state index contributed by atoms with van der Waals surface area (Å²) in [6.45, 7) is 6.71. The molecule has 1 unspecified atom stereocenters. The minimum absolute atomic E-state index is 0.0175. The van der Waals surface area contributed by atoms with Gasteiger partial charge in [-0.25, -0.2) is 0 Å². The number of nitrogens with zero attached hydrogens (tertiary/aromatic N) is 1. The summed E-state index contributed by atoms with van der Waals surface area (Å²) in [5, 5.41) is 3.07. The Kier molecular flexibility index (Phi) is 6.91. The Morgan fingerprint density at radius 3 is 2.78 bits per heavy atom. The summed E-state index contributed by atoms with van der Waals surface area (Å²) < 4.78 is 6.80. The maximum atomic E-state index is 12.8. The summed E-state index contributed by atoms with van der Waals surface area (Å²) in [6.07, 6.45) is 2.09. The number of nitrogens with one attached hydrogen (secondary N) is 1. The molecule has 0 spiro atoms. The fourth-order valence-corrected chi connectivity index (χ4v) is 3.69. The van der Waals surface area contributed by atoms with E-state index in [9.17, 15) is 4.79 Å². The Morgan fingerprint density at radius 2 is 2.04 bits per heavy atom. The second-order valence-electron chi connectivity index (χ2n) is 7.38. The van der Waals surface area contributed by atoms with Crippen LogP contribution in [0.15, 0.2) is 53.0 Å². The van der Waals surface area contributed by atoms with Crippen molar-refractivity contribution in [3.63, 3.8) is 0 Å². The van der Waals surface area contributed by atoms with Gasteiger partial charge >= 0.3 is 0 Å². The van der Waals surface area contributed by atoms with Crippen LogP contribution < -0.4 is 10.1 Å². The second kappa shape index (κ2) is 9.38. The Bertz CT molecular complexity index is 761. The number of carbonyl (C=O) groups is 1. The maximum Gasteiger partial charge on any atom is 0.228 e. The Hall–Kier alpha value is -1.85. The largest absolute Gasteiger partial charge is 0.491 e. The molecule has 1 fully saturated rings. The van der Waals surface area contributed by atoms with Gasteiger partial charge in [-0.1, -0.05) is 34.1 Å². The van der Waals surface area contributed by atoms with Gasteiger partial charge in [-0.15, -0.1) is 0 Å². The lowest BCUT2D eigenvalue weighted by Crippen LogP contribution is -2.40. The highest BCUT2D eigenvalue weighted by molar-refractivity contribution is 9.10. The molecule has 0 aromatic heterocycles. The first-order chi connectivity index (χ1) is 13.0. The summed E-state index contributed by atoms with van der Waals surface area (Å²) in [5.74, 6) is 0.893. The second-order valence-corrected chi connectivity index (χ2v) is 8.30. The number of likely N-dealkylation sites (tertiary alicyclic amines) is 1. The van der Waals surface area contributed by atoms with Gasteiger partial charge in [0.2, 0.25) is 5.91 Å². The number of rotatable bonds is 6. The average molecular weight is 431 g/mol. The van der Waals surface area contributed by atoms with E-state index in [4.69, 9.17) is 4.74 Å². The van der Waals surface area contributed by atoms with Gasteiger partial charge < -0.3 is 10.1 Å². The molecule has 1 amide bonds. The van der Waals surface area contributed by atoms with E-state index in [1.54, 1.807) is 0 Å². The first-order valence-electron chi connectivity index (χ1n) is 9.54. The van der Waals surface area contributed by atoms with E-state index < -0.39 is 0 Å². The zero-order valence-corrected chi connectivity index (χ0v) is 17.5. The molecular formula is C22H27BrN2O2. The molecule has 0 bridgehead atoms. The molecule has 0 radical (unpaired) electrons. The summed E-state index contributed by atoms with van der Waals surface area (Å²) >= 11 is 3.47. The zero-order valence-electron chi connectivity index (χ0n) is 16.0. The van der Waals surface area contributed by atoms with Gasteiger partial charge in [0.05, 0.1) is 12.0 Å². The number of piperidine rings is 1. The van der Waals surface area contributed by atoms with Gasteiger partial charge in [-0.05, 0) is 63.1 Å². The highest BCUT2D eigenvalue weighted by Crippen LogP contribution is 2.23. The highest BCUT2D eigenvalue weighted by Gasteiger charge is 2.26. The van der Waals surface area contributed by atoms with E-state index >= 15 is 0 Å². The van der Waals surface area contributed by atoms with Crippen LogP contribution >= 0.6 is 15.9 Å². The molecular weight excluding hydrogens is 404 g/mol. The zero-order chi connectivity index (χ0) is 19.2. The fraction of sp³-hybridized carbons (Fsp3) is 0.409. The van der Waals surface area contributed by atoms with Crippen molar-refractivity contribution >= 4 is 27.5 Å². The first-order valence-corrected chi connectivity index (χ1v) is 10.3. The molecule has 1 aliphatic rings. The third-order valence-electron chi connectivity index (χ3n) is 4.67. The Morgan fingerprint density at radius 1 is 1.26 bits per heavy atom. The molecule has 1 aliphatic heterocycles. The normalized spacial score (nSPS) is 17.7. The Labute approximate surface area is 170 Å². The third kappa shape index (κ3) is 6.08. The van der Waals surface area contributed by atoms with E-state index in [1.165, 1.54) is 5.56 Å².